The predicted molar refractivity (Wildman–Crippen MR) is 108 cm³/mol. The number of aliphatic hydroxyl groups excluding tert-OH is 1. The lowest BCUT2D eigenvalue weighted by Gasteiger charge is -2.38. The molecule has 31 heavy (non-hydrogen) atoms. The summed E-state index contributed by atoms with van der Waals surface area (Å²) < 4.78 is 38.6. The molecule has 3 aromatic rings. The second kappa shape index (κ2) is 7.83. The average molecular weight is 427 g/mol. The van der Waals surface area contributed by atoms with Crippen LogP contribution in [0.2, 0.25) is 0 Å². The number of rotatable bonds is 2. The molecule has 0 fully saturated rings. The van der Waals surface area contributed by atoms with Gasteiger partial charge in [0.2, 0.25) is 0 Å². The molecule has 1 amide bonds. The molecule has 7 heteroatoms. The maximum atomic E-state index is 13.2. The van der Waals surface area contributed by atoms with E-state index in [0.717, 1.165) is 34.7 Å². The van der Waals surface area contributed by atoms with Gasteiger partial charge in [0, 0.05) is 12.1 Å². The molecule has 4 rings (SSSR count). The zero-order chi connectivity index (χ0) is 22.2. The van der Waals surface area contributed by atoms with Crippen LogP contribution in [0, 0.1) is 0 Å². The van der Waals surface area contributed by atoms with E-state index in [0.29, 0.717) is 17.5 Å². The van der Waals surface area contributed by atoms with Crippen molar-refractivity contribution in [2.24, 2.45) is 0 Å². The number of halogens is 3. The minimum atomic E-state index is -4.51. The van der Waals surface area contributed by atoms with E-state index in [4.69, 9.17) is 0 Å². The number of amides is 1. The quantitative estimate of drug-likeness (QED) is 0.651. The number of aliphatic hydroxyl groups is 2. The first-order chi connectivity index (χ1) is 14.7. The Morgan fingerprint density at radius 1 is 0.935 bits per heavy atom. The monoisotopic (exact) mass is 427 g/mol. The van der Waals surface area contributed by atoms with Crippen LogP contribution in [0.25, 0.3) is 0 Å². The fraction of sp³-hybridized carbons (Fsp3) is 0.208. The molecule has 1 aliphatic rings. The van der Waals surface area contributed by atoms with E-state index in [1.165, 1.54) is 0 Å². The molecular weight excluding hydrogens is 407 g/mol. The van der Waals surface area contributed by atoms with Crippen molar-refractivity contribution in [3.63, 3.8) is 0 Å². The van der Waals surface area contributed by atoms with Gasteiger partial charge >= 0.3 is 6.18 Å². The highest BCUT2D eigenvalue weighted by Crippen LogP contribution is 2.39. The summed E-state index contributed by atoms with van der Waals surface area (Å²) in [6.07, 6.45) is -5.79. The van der Waals surface area contributed by atoms with Crippen molar-refractivity contribution in [1.82, 2.24) is 4.90 Å². The van der Waals surface area contributed by atoms with Crippen LogP contribution in [0.5, 0.6) is 0 Å². The Bertz CT molecular complexity index is 1080. The molecule has 160 valence electrons. The fourth-order valence-electron chi connectivity index (χ4n) is 4.01. The molecule has 2 atom stereocenters. The van der Waals surface area contributed by atoms with Crippen molar-refractivity contribution >= 4 is 5.91 Å². The molecule has 0 saturated heterocycles. The van der Waals surface area contributed by atoms with Gasteiger partial charge in [0.15, 0.2) is 11.8 Å². The average Bonchev–Trinajstić information content (AvgIpc) is 2.89. The summed E-state index contributed by atoms with van der Waals surface area (Å²) in [5, 5.41) is 23.0. The minimum Gasteiger partial charge on any atom is -0.376 e. The van der Waals surface area contributed by atoms with Gasteiger partial charge in [-0.15, -0.1) is 0 Å². The molecule has 1 heterocycles. The second-order valence-corrected chi connectivity index (χ2v) is 7.49. The molecule has 0 bridgehead atoms. The smallest absolute Gasteiger partial charge is 0.376 e. The van der Waals surface area contributed by atoms with Crippen LogP contribution >= 0.6 is 0 Å². The summed E-state index contributed by atoms with van der Waals surface area (Å²) in [7, 11) is 0. The fourth-order valence-corrected chi connectivity index (χ4v) is 4.01. The van der Waals surface area contributed by atoms with Gasteiger partial charge in [0.1, 0.15) is 0 Å². The maximum absolute atomic E-state index is 13.2. The molecule has 1 aliphatic heterocycles. The Labute approximate surface area is 177 Å². The summed E-state index contributed by atoms with van der Waals surface area (Å²) in [6, 6.07) is 19.4. The molecule has 2 unspecified atom stereocenters. The third-order valence-electron chi connectivity index (χ3n) is 5.65. The summed E-state index contributed by atoms with van der Waals surface area (Å²) in [5.41, 5.74) is -1.12. The van der Waals surface area contributed by atoms with Gasteiger partial charge in [0.25, 0.3) is 5.91 Å². The first-order valence-corrected chi connectivity index (χ1v) is 9.75. The van der Waals surface area contributed by atoms with Crippen LogP contribution in [0.1, 0.15) is 32.6 Å². The Balaban J connectivity index is 1.76. The zero-order valence-corrected chi connectivity index (χ0v) is 16.4. The van der Waals surface area contributed by atoms with Crippen molar-refractivity contribution in [3.8, 4) is 0 Å². The van der Waals surface area contributed by atoms with E-state index in [2.05, 4.69) is 0 Å². The number of nitrogens with zero attached hydrogens (tertiary/aromatic N) is 1. The highest BCUT2D eigenvalue weighted by Gasteiger charge is 2.47. The van der Waals surface area contributed by atoms with Crippen LogP contribution in [0.15, 0.2) is 78.9 Å². The van der Waals surface area contributed by atoms with E-state index in [9.17, 15) is 28.2 Å². The Kier molecular flexibility index (Phi) is 5.33. The maximum Gasteiger partial charge on any atom is 0.416 e. The van der Waals surface area contributed by atoms with Gasteiger partial charge in [-0.05, 0) is 47.4 Å². The van der Waals surface area contributed by atoms with Gasteiger partial charge < -0.3 is 15.1 Å². The third-order valence-corrected chi connectivity index (χ3v) is 5.65. The number of fused-ring (bicyclic) bond motifs is 1. The Morgan fingerprint density at radius 2 is 1.55 bits per heavy atom. The molecule has 0 radical (unpaired) electrons. The molecule has 3 aromatic carbocycles. The van der Waals surface area contributed by atoms with Crippen LogP contribution in [-0.2, 0) is 18.2 Å². The van der Waals surface area contributed by atoms with E-state index in [1.807, 2.05) is 12.1 Å². The van der Waals surface area contributed by atoms with E-state index in [1.54, 1.807) is 42.5 Å². The highest BCUT2D eigenvalue weighted by molar-refractivity contribution is 5.94. The summed E-state index contributed by atoms with van der Waals surface area (Å²) in [4.78, 5) is 14.3. The van der Waals surface area contributed by atoms with Gasteiger partial charge in [-0.25, -0.2) is 0 Å². The Hall–Kier alpha value is -3.16. The van der Waals surface area contributed by atoms with Crippen molar-refractivity contribution < 1.29 is 28.2 Å². The van der Waals surface area contributed by atoms with Gasteiger partial charge in [0.05, 0.1) is 5.56 Å². The van der Waals surface area contributed by atoms with Crippen molar-refractivity contribution in [1.29, 1.82) is 0 Å². The molecule has 4 nitrogen and oxygen atoms in total. The highest BCUT2D eigenvalue weighted by atomic mass is 19.4. The molecule has 0 saturated carbocycles. The number of carbonyl (C=O) groups excluding carboxylic acids is 1. The first kappa shape index (κ1) is 21.1. The largest absolute Gasteiger partial charge is 0.416 e. The second-order valence-electron chi connectivity index (χ2n) is 7.49. The lowest BCUT2D eigenvalue weighted by atomic mass is 9.82. The predicted octanol–water partition coefficient (Wildman–Crippen LogP) is 3.96. The summed E-state index contributed by atoms with van der Waals surface area (Å²) >= 11 is 0. The van der Waals surface area contributed by atoms with Crippen molar-refractivity contribution in [3.05, 3.63) is 107 Å². The van der Waals surface area contributed by atoms with Gasteiger partial charge in [-0.3, -0.25) is 4.79 Å². The zero-order valence-electron chi connectivity index (χ0n) is 16.4. The molecule has 0 aromatic heterocycles. The normalized spacial score (nSPS) is 21.3. The van der Waals surface area contributed by atoms with Crippen LogP contribution in [0.4, 0.5) is 13.2 Å². The standard InChI is InChI=1S/C24H20F3NO3/c25-24(26,27)19-12-10-17(11-13-19)21(29)28-15-14-16-6-4-5-9-20(16)23(31,22(28)30)18-7-2-1-3-8-18/h1-13,22,30-31H,14-15H2. The number of benzene rings is 3. The minimum absolute atomic E-state index is 0.00609. The molecule has 2 N–H and O–H groups in total. The van der Waals surface area contributed by atoms with Crippen molar-refractivity contribution in [2.45, 2.75) is 24.4 Å². The van der Waals surface area contributed by atoms with E-state index >= 15 is 0 Å². The number of alkyl halides is 3. The van der Waals surface area contributed by atoms with Crippen molar-refractivity contribution in [2.75, 3.05) is 6.54 Å². The van der Waals surface area contributed by atoms with Gasteiger partial charge in [-0.2, -0.15) is 13.2 Å². The van der Waals surface area contributed by atoms with Crippen LogP contribution < -0.4 is 0 Å². The van der Waals surface area contributed by atoms with Crippen LogP contribution in [0.3, 0.4) is 0 Å². The molecule has 0 spiro atoms. The third kappa shape index (κ3) is 3.71. The lowest BCUT2D eigenvalue weighted by molar-refractivity contribution is -0.137. The van der Waals surface area contributed by atoms with E-state index < -0.39 is 29.5 Å². The summed E-state index contributed by atoms with van der Waals surface area (Å²) in [5.74, 6) is -0.664. The first-order valence-electron chi connectivity index (χ1n) is 9.75. The number of hydrogen-bond donors (Lipinski definition) is 2. The van der Waals surface area contributed by atoms with Crippen LogP contribution in [-0.4, -0.2) is 33.8 Å². The van der Waals surface area contributed by atoms with E-state index in [-0.39, 0.29) is 12.1 Å². The SMILES string of the molecule is O=C(c1ccc(C(F)(F)F)cc1)N1CCc2ccccc2C(O)(c2ccccc2)C1O. The Morgan fingerprint density at radius 3 is 2.19 bits per heavy atom. The number of hydrogen-bond acceptors (Lipinski definition) is 3. The molecular formula is C24H20F3NO3. The summed E-state index contributed by atoms with van der Waals surface area (Å²) in [6.45, 7) is 0.0905. The molecule has 0 aliphatic carbocycles. The van der Waals surface area contributed by atoms with Gasteiger partial charge in [-0.1, -0.05) is 54.6 Å². The number of carbonyl (C=O) groups is 1. The topological polar surface area (TPSA) is 60.8 Å². The lowest BCUT2D eigenvalue weighted by Crippen LogP contribution is -2.53.